The monoisotopic (exact) mass is 210 g/mol. The molecule has 0 saturated carbocycles. The second kappa shape index (κ2) is 10.0. The Bertz CT molecular complexity index is 168. The predicted molar refractivity (Wildman–Crippen MR) is 67.9 cm³/mol. The Labute approximate surface area is 95.4 Å². The van der Waals surface area contributed by atoms with Crippen LogP contribution in [-0.2, 0) is 0 Å². The fourth-order valence-electron chi connectivity index (χ4n) is 1.65. The third-order valence-corrected chi connectivity index (χ3v) is 2.74. The Kier molecular flexibility index (Phi) is 9.67. The lowest BCUT2D eigenvalue weighted by Gasteiger charge is -2.22. The standard InChI is InChI=1S/C13H26N2/c1-5-9-13(14-11-6-2)10-12-15(7-3)8-4/h1,13-14H,6-12H2,2-4H3. The van der Waals surface area contributed by atoms with Crippen LogP contribution in [0.2, 0.25) is 0 Å². The van der Waals surface area contributed by atoms with E-state index in [0.29, 0.717) is 6.04 Å². The Balaban J connectivity index is 3.78. The molecule has 0 rings (SSSR count). The van der Waals surface area contributed by atoms with E-state index in [2.05, 4.69) is 36.9 Å². The van der Waals surface area contributed by atoms with Crippen molar-refractivity contribution < 1.29 is 0 Å². The first kappa shape index (κ1) is 14.5. The smallest absolute Gasteiger partial charge is 0.0241 e. The van der Waals surface area contributed by atoms with Crippen molar-refractivity contribution in [1.82, 2.24) is 10.2 Å². The van der Waals surface area contributed by atoms with E-state index >= 15 is 0 Å². The predicted octanol–water partition coefficient (Wildman–Crippen LogP) is 2.11. The highest BCUT2D eigenvalue weighted by Crippen LogP contribution is 2.00. The van der Waals surface area contributed by atoms with Crippen molar-refractivity contribution in [3.8, 4) is 12.3 Å². The fourth-order valence-corrected chi connectivity index (χ4v) is 1.65. The van der Waals surface area contributed by atoms with Gasteiger partial charge in [0.25, 0.3) is 0 Å². The van der Waals surface area contributed by atoms with Gasteiger partial charge in [0.1, 0.15) is 0 Å². The van der Waals surface area contributed by atoms with Gasteiger partial charge in [0.15, 0.2) is 0 Å². The van der Waals surface area contributed by atoms with E-state index in [0.717, 1.165) is 39.0 Å². The molecule has 0 saturated heterocycles. The van der Waals surface area contributed by atoms with Crippen LogP contribution in [0.1, 0.15) is 40.0 Å². The summed E-state index contributed by atoms with van der Waals surface area (Å²) in [4.78, 5) is 2.44. The van der Waals surface area contributed by atoms with Crippen LogP contribution in [0.4, 0.5) is 0 Å². The van der Waals surface area contributed by atoms with Gasteiger partial charge in [-0.1, -0.05) is 20.8 Å². The average molecular weight is 210 g/mol. The highest BCUT2D eigenvalue weighted by atomic mass is 15.1. The van der Waals surface area contributed by atoms with E-state index in [1.807, 2.05) is 0 Å². The number of hydrogen-bond donors (Lipinski definition) is 1. The number of hydrogen-bond acceptors (Lipinski definition) is 2. The highest BCUT2D eigenvalue weighted by molar-refractivity contribution is 4.90. The van der Waals surface area contributed by atoms with Gasteiger partial charge in [-0.3, -0.25) is 0 Å². The first-order chi connectivity index (χ1) is 7.28. The van der Waals surface area contributed by atoms with E-state index in [1.165, 1.54) is 6.42 Å². The zero-order chi connectivity index (χ0) is 11.5. The summed E-state index contributed by atoms with van der Waals surface area (Å²) >= 11 is 0. The zero-order valence-corrected chi connectivity index (χ0v) is 10.6. The van der Waals surface area contributed by atoms with Crippen LogP contribution in [0.5, 0.6) is 0 Å². The third-order valence-electron chi connectivity index (χ3n) is 2.74. The van der Waals surface area contributed by atoms with Crippen molar-refractivity contribution in [3.05, 3.63) is 0 Å². The minimum Gasteiger partial charge on any atom is -0.313 e. The molecule has 0 aromatic rings. The van der Waals surface area contributed by atoms with Gasteiger partial charge in [-0.25, -0.2) is 0 Å². The lowest BCUT2D eigenvalue weighted by Crippen LogP contribution is -2.34. The third kappa shape index (κ3) is 7.41. The molecule has 0 aliphatic heterocycles. The van der Waals surface area contributed by atoms with Crippen molar-refractivity contribution >= 4 is 0 Å². The van der Waals surface area contributed by atoms with Crippen molar-refractivity contribution in [2.24, 2.45) is 0 Å². The second-order valence-corrected chi connectivity index (χ2v) is 3.87. The van der Waals surface area contributed by atoms with Gasteiger partial charge < -0.3 is 10.2 Å². The maximum absolute atomic E-state index is 5.37. The first-order valence-electron chi connectivity index (χ1n) is 6.17. The lowest BCUT2D eigenvalue weighted by atomic mass is 10.1. The molecule has 0 spiro atoms. The highest BCUT2D eigenvalue weighted by Gasteiger charge is 2.07. The Morgan fingerprint density at radius 1 is 1.27 bits per heavy atom. The maximum atomic E-state index is 5.37. The van der Waals surface area contributed by atoms with Crippen LogP contribution >= 0.6 is 0 Å². The van der Waals surface area contributed by atoms with Gasteiger partial charge in [-0.15, -0.1) is 12.3 Å². The van der Waals surface area contributed by atoms with Crippen molar-refractivity contribution in [3.63, 3.8) is 0 Å². The normalized spacial score (nSPS) is 12.7. The maximum Gasteiger partial charge on any atom is 0.0241 e. The van der Waals surface area contributed by atoms with Gasteiger partial charge >= 0.3 is 0 Å². The van der Waals surface area contributed by atoms with Crippen molar-refractivity contribution in [2.45, 2.75) is 46.1 Å². The topological polar surface area (TPSA) is 15.3 Å². The van der Waals surface area contributed by atoms with E-state index in [4.69, 9.17) is 6.42 Å². The van der Waals surface area contributed by atoms with Gasteiger partial charge in [0.05, 0.1) is 0 Å². The second-order valence-electron chi connectivity index (χ2n) is 3.87. The Hall–Kier alpha value is -0.520. The van der Waals surface area contributed by atoms with Gasteiger partial charge in [-0.05, 0) is 39.0 Å². The molecule has 1 atom stereocenters. The largest absolute Gasteiger partial charge is 0.313 e. The molecule has 0 aromatic carbocycles. The summed E-state index contributed by atoms with van der Waals surface area (Å²) in [6.07, 6.45) is 8.55. The van der Waals surface area contributed by atoms with E-state index < -0.39 is 0 Å². The lowest BCUT2D eigenvalue weighted by molar-refractivity contribution is 0.281. The molecule has 0 aliphatic carbocycles. The summed E-state index contributed by atoms with van der Waals surface area (Å²) in [5.41, 5.74) is 0. The first-order valence-corrected chi connectivity index (χ1v) is 6.17. The summed E-state index contributed by atoms with van der Waals surface area (Å²) in [7, 11) is 0. The van der Waals surface area contributed by atoms with Gasteiger partial charge in [0.2, 0.25) is 0 Å². The molecule has 1 unspecified atom stereocenters. The molecular weight excluding hydrogens is 184 g/mol. The van der Waals surface area contributed by atoms with Crippen LogP contribution in [0, 0.1) is 12.3 Å². The number of terminal acetylenes is 1. The summed E-state index contributed by atoms with van der Waals surface area (Å²) in [5, 5.41) is 3.50. The molecule has 0 radical (unpaired) electrons. The number of rotatable bonds is 9. The van der Waals surface area contributed by atoms with Crippen LogP contribution in [0.3, 0.4) is 0 Å². The van der Waals surface area contributed by atoms with Crippen molar-refractivity contribution in [2.75, 3.05) is 26.2 Å². The number of nitrogens with one attached hydrogen (secondary N) is 1. The van der Waals surface area contributed by atoms with Crippen LogP contribution < -0.4 is 5.32 Å². The minimum atomic E-state index is 0.496. The molecule has 0 fully saturated rings. The molecule has 2 heteroatoms. The SMILES string of the molecule is C#CCC(CCN(CC)CC)NCCC. The van der Waals surface area contributed by atoms with Gasteiger partial charge in [0, 0.05) is 12.5 Å². The van der Waals surface area contributed by atoms with Crippen molar-refractivity contribution in [1.29, 1.82) is 0 Å². The van der Waals surface area contributed by atoms with E-state index in [1.54, 1.807) is 0 Å². The summed E-state index contributed by atoms with van der Waals surface area (Å²) in [6, 6.07) is 0.496. The average Bonchev–Trinajstić information content (AvgIpc) is 2.27. The van der Waals surface area contributed by atoms with Crippen LogP contribution in [0.15, 0.2) is 0 Å². The fraction of sp³-hybridized carbons (Fsp3) is 0.846. The van der Waals surface area contributed by atoms with E-state index in [-0.39, 0.29) is 0 Å². The van der Waals surface area contributed by atoms with Crippen LogP contribution in [-0.4, -0.2) is 37.1 Å². The Morgan fingerprint density at radius 2 is 1.93 bits per heavy atom. The Morgan fingerprint density at radius 3 is 2.40 bits per heavy atom. The van der Waals surface area contributed by atoms with Gasteiger partial charge in [-0.2, -0.15) is 0 Å². The summed E-state index contributed by atoms with van der Waals surface area (Å²) in [5.74, 6) is 2.76. The molecule has 0 bridgehead atoms. The molecule has 0 aliphatic rings. The molecule has 1 N–H and O–H groups in total. The quantitative estimate of drug-likeness (QED) is 0.586. The molecule has 0 heterocycles. The summed E-state index contributed by atoms with van der Waals surface area (Å²) < 4.78 is 0. The van der Waals surface area contributed by atoms with E-state index in [9.17, 15) is 0 Å². The zero-order valence-electron chi connectivity index (χ0n) is 10.6. The van der Waals surface area contributed by atoms with Crippen LogP contribution in [0.25, 0.3) is 0 Å². The summed E-state index contributed by atoms with van der Waals surface area (Å²) in [6.45, 7) is 11.1. The molecular formula is C13H26N2. The molecule has 15 heavy (non-hydrogen) atoms. The molecule has 2 nitrogen and oxygen atoms in total. The molecule has 0 amide bonds. The molecule has 0 aromatic heterocycles. The number of nitrogens with zero attached hydrogens (tertiary/aromatic N) is 1. The minimum absolute atomic E-state index is 0.496. The molecule has 88 valence electrons.